The number of hydrogen-bond acceptors (Lipinski definition) is 3. The molecule has 1 aromatic rings. The van der Waals surface area contributed by atoms with E-state index < -0.39 is 0 Å². The SMILES string of the molecule is CC1CCCC(CN)N1Cc1cccs1. The lowest BCUT2D eigenvalue weighted by Crippen LogP contribution is -2.48. The second-order valence-electron chi connectivity index (χ2n) is 4.42. The molecule has 2 unspecified atom stereocenters. The Balaban J connectivity index is 2.03. The standard InChI is InChI=1S/C12H20N2S/c1-10-4-2-5-11(8-13)14(10)9-12-6-3-7-15-12/h3,6-7,10-11H,2,4-5,8-9,13H2,1H3. The van der Waals surface area contributed by atoms with Crippen LogP contribution in [-0.4, -0.2) is 23.5 Å². The third-order valence-corrected chi connectivity index (χ3v) is 4.25. The molecule has 3 heteroatoms. The number of thiophene rings is 1. The Labute approximate surface area is 96.1 Å². The predicted molar refractivity (Wildman–Crippen MR) is 66.0 cm³/mol. The third kappa shape index (κ3) is 2.60. The van der Waals surface area contributed by atoms with Crippen LogP contribution in [0.3, 0.4) is 0 Å². The molecular formula is C12H20N2S. The summed E-state index contributed by atoms with van der Waals surface area (Å²) in [6, 6.07) is 5.64. The van der Waals surface area contributed by atoms with Gasteiger partial charge in [0, 0.05) is 30.1 Å². The molecule has 1 aliphatic heterocycles. The molecule has 84 valence electrons. The van der Waals surface area contributed by atoms with Crippen LogP contribution in [-0.2, 0) is 6.54 Å². The highest BCUT2D eigenvalue weighted by molar-refractivity contribution is 7.09. The monoisotopic (exact) mass is 224 g/mol. The maximum atomic E-state index is 5.85. The van der Waals surface area contributed by atoms with E-state index in [9.17, 15) is 0 Å². The predicted octanol–water partition coefficient (Wildman–Crippen LogP) is 2.45. The number of likely N-dealkylation sites (tertiary alicyclic amines) is 1. The van der Waals surface area contributed by atoms with Crippen LogP contribution < -0.4 is 5.73 Å². The number of nitrogens with two attached hydrogens (primary N) is 1. The zero-order valence-electron chi connectivity index (χ0n) is 9.36. The summed E-state index contributed by atoms with van der Waals surface area (Å²) in [5, 5.41) is 2.15. The molecule has 2 N–H and O–H groups in total. The maximum Gasteiger partial charge on any atom is 0.0334 e. The molecule has 0 radical (unpaired) electrons. The fraction of sp³-hybridized carbons (Fsp3) is 0.667. The summed E-state index contributed by atoms with van der Waals surface area (Å²) in [5.41, 5.74) is 5.85. The minimum absolute atomic E-state index is 0.593. The molecule has 2 heterocycles. The van der Waals surface area contributed by atoms with Gasteiger partial charge < -0.3 is 5.73 Å². The van der Waals surface area contributed by atoms with Crippen molar-refractivity contribution in [1.29, 1.82) is 0 Å². The van der Waals surface area contributed by atoms with E-state index in [4.69, 9.17) is 5.73 Å². The molecule has 2 nitrogen and oxygen atoms in total. The van der Waals surface area contributed by atoms with Crippen molar-refractivity contribution in [3.05, 3.63) is 22.4 Å². The second kappa shape index (κ2) is 5.10. The van der Waals surface area contributed by atoms with E-state index in [1.54, 1.807) is 0 Å². The fourth-order valence-corrected chi connectivity index (χ4v) is 3.17. The summed E-state index contributed by atoms with van der Waals surface area (Å²) in [6.07, 6.45) is 3.93. The van der Waals surface area contributed by atoms with Gasteiger partial charge in [-0.3, -0.25) is 4.90 Å². The summed E-state index contributed by atoms with van der Waals surface area (Å²) in [5.74, 6) is 0. The molecular weight excluding hydrogens is 204 g/mol. The van der Waals surface area contributed by atoms with Crippen molar-refractivity contribution in [3.63, 3.8) is 0 Å². The lowest BCUT2D eigenvalue weighted by molar-refractivity contribution is 0.0904. The fourth-order valence-electron chi connectivity index (χ4n) is 2.46. The van der Waals surface area contributed by atoms with Crippen molar-refractivity contribution in [1.82, 2.24) is 4.90 Å². The molecule has 1 aliphatic rings. The van der Waals surface area contributed by atoms with Gasteiger partial charge in [0.15, 0.2) is 0 Å². The van der Waals surface area contributed by atoms with Crippen LogP contribution in [0.15, 0.2) is 17.5 Å². The Bertz CT molecular complexity index is 284. The van der Waals surface area contributed by atoms with Gasteiger partial charge in [-0.25, -0.2) is 0 Å². The van der Waals surface area contributed by atoms with Gasteiger partial charge in [-0.05, 0) is 31.2 Å². The second-order valence-corrected chi connectivity index (χ2v) is 5.45. The maximum absolute atomic E-state index is 5.85. The van der Waals surface area contributed by atoms with Gasteiger partial charge in [0.1, 0.15) is 0 Å². The molecule has 0 spiro atoms. The first-order chi connectivity index (χ1) is 7.31. The van der Waals surface area contributed by atoms with E-state index in [0.717, 1.165) is 13.1 Å². The molecule has 2 atom stereocenters. The van der Waals surface area contributed by atoms with Crippen molar-refractivity contribution >= 4 is 11.3 Å². The molecule has 0 amide bonds. The van der Waals surface area contributed by atoms with Gasteiger partial charge in [-0.2, -0.15) is 0 Å². The van der Waals surface area contributed by atoms with Gasteiger partial charge in [0.2, 0.25) is 0 Å². The third-order valence-electron chi connectivity index (χ3n) is 3.39. The minimum atomic E-state index is 0.593. The molecule has 2 rings (SSSR count). The highest BCUT2D eigenvalue weighted by atomic mass is 32.1. The van der Waals surface area contributed by atoms with E-state index in [-0.39, 0.29) is 0 Å². The van der Waals surface area contributed by atoms with Crippen molar-refractivity contribution in [3.8, 4) is 0 Å². The lowest BCUT2D eigenvalue weighted by atomic mass is 9.96. The molecule has 1 aromatic heterocycles. The van der Waals surface area contributed by atoms with Crippen LogP contribution >= 0.6 is 11.3 Å². The largest absolute Gasteiger partial charge is 0.329 e. The Morgan fingerprint density at radius 1 is 1.53 bits per heavy atom. The van der Waals surface area contributed by atoms with Crippen LogP contribution in [0.25, 0.3) is 0 Å². The first-order valence-electron chi connectivity index (χ1n) is 5.79. The highest BCUT2D eigenvalue weighted by Gasteiger charge is 2.26. The van der Waals surface area contributed by atoms with Crippen LogP contribution in [0.5, 0.6) is 0 Å². The molecule has 1 saturated heterocycles. The minimum Gasteiger partial charge on any atom is -0.329 e. The van der Waals surface area contributed by atoms with Crippen molar-refractivity contribution in [2.24, 2.45) is 5.73 Å². The highest BCUT2D eigenvalue weighted by Crippen LogP contribution is 2.25. The number of piperidine rings is 1. The van der Waals surface area contributed by atoms with Gasteiger partial charge >= 0.3 is 0 Å². The molecule has 0 saturated carbocycles. The lowest BCUT2D eigenvalue weighted by Gasteiger charge is -2.40. The van der Waals surface area contributed by atoms with E-state index in [1.165, 1.54) is 24.1 Å². The van der Waals surface area contributed by atoms with Crippen LogP contribution in [0.4, 0.5) is 0 Å². The number of rotatable bonds is 3. The van der Waals surface area contributed by atoms with Gasteiger partial charge in [0.25, 0.3) is 0 Å². The molecule has 0 aliphatic carbocycles. The first-order valence-corrected chi connectivity index (χ1v) is 6.67. The van der Waals surface area contributed by atoms with Gasteiger partial charge in [-0.1, -0.05) is 12.5 Å². The van der Waals surface area contributed by atoms with Crippen molar-refractivity contribution in [2.45, 2.75) is 44.8 Å². The average molecular weight is 224 g/mol. The molecule has 15 heavy (non-hydrogen) atoms. The van der Waals surface area contributed by atoms with Crippen molar-refractivity contribution < 1.29 is 0 Å². The van der Waals surface area contributed by atoms with Crippen LogP contribution in [0, 0.1) is 0 Å². The molecule has 0 aromatic carbocycles. The zero-order valence-corrected chi connectivity index (χ0v) is 10.2. The van der Waals surface area contributed by atoms with Crippen LogP contribution in [0.1, 0.15) is 31.1 Å². The van der Waals surface area contributed by atoms with E-state index in [2.05, 4.69) is 29.3 Å². The number of nitrogens with zero attached hydrogens (tertiary/aromatic N) is 1. The Hall–Kier alpha value is -0.380. The Morgan fingerprint density at radius 2 is 2.40 bits per heavy atom. The average Bonchev–Trinajstić information content (AvgIpc) is 2.74. The summed E-state index contributed by atoms with van der Waals surface area (Å²) < 4.78 is 0. The summed E-state index contributed by atoms with van der Waals surface area (Å²) in [7, 11) is 0. The van der Waals surface area contributed by atoms with E-state index >= 15 is 0 Å². The van der Waals surface area contributed by atoms with Crippen LogP contribution in [0.2, 0.25) is 0 Å². The Morgan fingerprint density at radius 3 is 3.07 bits per heavy atom. The smallest absolute Gasteiger partial charge is 0.0334 e. The van der Waals surface area contributed by atoms with Gasteiger partial charge in [-0.15, -0.1) is 11.3 Å². The normalized spacial score (nSPS) is 28.1. The quantitative estimate of drug-likeness (QED) is 0.854. The number of hydrogen-bond donors (Lipinski definition) is 1. The van der Waals surface area contributed by atoms with E-state index in [0.29, 0.717) is 12.1 Å². The summed E-state index contributed by atoms with van der Waals surface area (Å²) >= 11 is 1.85. The Kier molecular flexibility index (Phi) is 3.78. The first kappa shape index (κ1) is 11.1. The molecule has 1 fully saturated rings. The summed E-state index contributed by atoms with van der Waals surface area (Å²) in [6.45, 7) is 4.21. The van der Waals surface area contributed by atoms with Crippen molar-refractivity contribution in [2.75, 3.05) is 6.54 Å². The zero-order chi connectivity index (χ0) is 10.7. The summed E-state index contributed by atoms with van der Waals surface area (Å²) in [4.78, 5) is 4.04. The topological polar surface area (TPSA) is 29.3 Å². The van der Waals surface area contributed by atoms with Gasteiger partial charge in [0.05, 0.1) is 0 Å². The van der Waals surface area contributed by atoms with E-state index in [1.807, 2.05) is 11.3 Å². The molecule has 0 bridgehead atoms.